The molecule has 1 saturated heterocycles. The van der Waals surface area contributed by atoms with Crippen molar-refractivity contribution >= 4 is 33.5 Å². The van der Waals surface area contributed by atoms with Crippen LogP contribution in [-0.2, 0) is 19.1 Å². The highest BCUT2D eigenvalue weighted by Crippen LogP contribution is 2.39. The maximum Gasteiger partial charge on any atom is 0.334 e. The minimum Gasteiger partial charge on any atom is -0.463 e. The SMILES string of the molecule is CC1=C(C)C(C(O)COC(=O)CCCCC2CCSS2)OC1=O. The summed E-state index contributed by atoms with van der Waals surface area (Å²) in [7, 11) is 3.88. The van der Waals surface area contributed by atoms with Gasteiger partial charge in [-0.25, -0.2) is 4.79 Å². The first-order chi connectivity index (χ1) is 11.0. The number of aliphatic hydroxyl groups is 1. The van der Waals surface area contributed by atoms with Gasteiger partial charge in [-0.1, -0.05) is 28.0 Å². The molecule has 0 spiro atoms. The molecule has 23 heavy (non-hydrogen) atoms. The summed E-state index contributed by atoms with van der Waals surface area (Å²) in [5, 5.41) is 10.8. The molecule has 0 saturated carbocycles. The van der Waals surface area contributed by atoms with E-state index in [4.69, 9.17) is 9.47 Å². The van der Waals surface area contributed by atoms with Gasteiger partial charge < -0.3 is 14.6 Å². The number of ether oxygens (including phenoxy) is 2. The fraction of sp³-hybridized carbons (Fsp3) is 0.750. The van der Waals surface area contributed by atoms with E-state index in [9.17, 15) is 14.7 Å². The first-order valence-corrected chi connectivity index (χ1v) is 10.4. The summed E-state index contributed by atoms with van der Waals surface area (Å²) in [6.07, 6.45) is 2.91. The number of esters is 2. The molecule has 0 aromatic heterocycles. The van der Waals surface area contributed by atoms with Crippen molar-refractivity contribution in [3.05, 3.63) is 11.1 Å². The van der Waals surface area contributed by atoms with E-state index >= 15 is 0 Å². The Bertz CT molecular complexity index is 471. The van der Waals surface area contributed by atoms with Crippen LogP contribution in [0.3, 0.4) is 0 Å². The molecular weight excluding hydrogens is 336 g/mol. The largest absolute Gasteiger partial charge is 0.463 e. The van der Waals surface area contributed by atoms with E-state index in [2.05, 4.69) is 0 Å². The zero-order chi connectivity index (χ0) is 16.8. The molecule has 3 unspecified atom stereocenters. The fourth-order valence-corrected chi connectivity index (χ4v) is 5.60. The maximum atomic E-state index is 11.7. The molecule has 130 valence electrons. The molecule has 0 aromatic rings. The van der Waals surface area contributed by atoms with E-state index in [1.165, 1.54) is 12.2 Å². The molecule has 2 heterocycles. The molecule has 5 nitrogen and oxygen atoms in total. The lowest BCUT2D eigenvalue weighted by Crippen LogP contribution is -2.33. The van der Waals surface area contributed by atoms with E-state index in [1.54, 1.807) is 13.8 Å². The van der Waals surface area contributed by atoms with Crippen LogP contribution >= 0.6 is 21.6 Å². The highest BCUT2D eigenvalue weighted by Gasteiger charge is 2.34. The van der Waals surface area contributed by atoms with Crippen LogP contribution in [0, 0.1) is 0 Å². The topological polar surface area (TPSA) is 72.8 Å². The quantitative estimate of drug-likeness (QED) is 0.405. The van der Waals surface area contributed by atoms with Gasteiger partial charge in [-0.05, 0) is 38.7 Å². The summed E-state index contributed by atoms with van der Waals surface area (Å²) in [6.45, 7) is 3.27. The van der Waals surface area contributed by atoms with Gasteiger partial charge in [-0.2, -0.15) is 0 Å². The van der Waals surface area contributed by atoms with Crippen molar-refractivity contribution in [3.63, 3.8) is 0 Å². The molecule has 2 aliphatic rings. The minimum absolute atomic E-state index is 0.142. The lowest BCUT2D eigenvalue weighted by atomic mass is 10.0. The predicted molar refractivity (Wildman–Crippen MR) is 92.1 cm³/mol. The van der Waals surface area contributed by atoms with E-state index in [1.807, 2.05) is 21.6 Å². The lowest BCUT2D eigenvalue weighted by molar-refractivity contribution is -0.152. The molecule has 2 aliphatic heterocycles. The first-order valence-electron chi connectivity index (χ1n) is 7.99. The van der Waals surface area contributed by atoms with Gasteiger partial charge in [0.2, 0.25) is 0 Å². The third kappa shape index (κ3) is 5.43. The zero-order valence-electron chi connectivity index (χ0n) is 13.6. The zero-order valence-corrected chi connectivity index (χ0v) is 15.2. The second kappa shape index (κ2) is 8.99. The van der Waals surface area contributed by atoms with Gasteiger partial charge in [-0.15, -0.1) is 0 Å². The van der Waals surface area contributed by atoms with Crippen molar-refractivity contribution < 1.29 is 24.2 Å². The summed E-state index contributed by atoms with van der Waals surface area (Å²) in [5.41, 5.74) is 1.22. The summed E-state index contributed by atoms with van der Waals surface area (Å²) in [6, 6.07) is 0. The summed E-state index contributed by atoms with van der Waals surface area (Å²) >= 11 is 0. The van der Waals surface area contributed by atoms with Crippen molar-refractivity contribution in [1.29, 1.82) is 0 Å². The third-order valence-corrected chi connectivity index (χ3v) is 7.21. The molecular formula is C16H24O5S2. The Morgan fingerprint density at radius 1 is 1.43 bits per heavy atom. The van der Waals surface area contributed by atoms with Gasteiger partial charge >= 0.3 is 11.9 Å². The molecule has 2 rings (SSSR count). The molecule has 1 N–H and O–H groups in total. The van der Waals surface area contributed by atoms with Gasteiger partial charge in [0.15, 0.2) is 6.10 Å². The van der Waals surface area contributed by atoms with Gasteiger partial charge in [0.05, 0.1) is 0 Å². The molecule has 0 radical (unpaired) electrons. The molecule has 0 aliphatic carbocycles. The van der Waals surface area contributed by atoms with Gasteiger partial charge in [0.1, 0.15) is 12.7 Å². The Morgan fingerprint density at radius 3 is 2.83 bits per heavy atom. The number of carbonyl (C=O) groups excluding carboxylic acids is 2. The summed E-state index contributed by atoms with van der Waals surface area (Å²) in [5.74, 6) is 0.509. The van der Waals surface area contributed by atoms with Crippen molar-refractivity contribution in [2.45, 2.75) is 63.4 Å². The van der Waals surface area contributed by atoms with Crippen molar-refractivity contribution in [2.24, 2.45) is 0 Å². The Hall–Kier alpha value is -0.660. The lowest BCUT2D eigenvalue weighted by Gasteiger charge is -2.18. The van der Waals surface area contributed by atoms with Crippen LogP contribution < -0.4 is 0 Å². The van der Waals surface area contributed by atoms with Crippen molar-refractivity contribution in [1.82, 2.24) is 0 Å². The molecule has 1 fully saturated rings. The molecule has 0 amide bonds. The second-order valence-corrected chi connectivity index (χ2v) is 8.75. The fourth-order valence-electron chi connectivity index (χ4n) is 2.58. The van der Waals surface area contributed by atoms with E-state index < -0.39 is 18.2 Å². The second-order valence-electron chi connectivity index (χ2n) is 5.96. The normalized spacial score (nSPS) is 25.6. The number of unbranched alkanes of at least 4 members (excludes halogenated alkanes) is 1. The minimum atomic E-state index is -1.01. The van der Waals surface area contributed by atoms with Gasteiger partial charge in [0.25, 0.3) is 0 Å². The van der Waals surface area contributed by atoms with Gasteiger partial charge in [-0.3, -0.25) is 4.79 Å². The van der Waals surface area contributed by atoms with Crippen LogP contribution in [0.2, 0.25) is 0 Å². The van der Waals surface area contributed by atoms with Crippen LogP contribution in [0.1, 0.15) is 46.0 Å². The Balaban J connectivity index is 1.59. The average Bonchev–Trinajstić information content (AvgIpc) is 3.13. The van der Waals surface area contributed by atoms with Crippen LogP contribution in [0.5, 0.6) is 0 Å². The Morgan fingerprint density at radius 2 is 2.22 bits per heavy atom. The number of carbonyl (C=O) groups is 2. The maximum absolute atomic E-state index is 11.7. The Kier molecular flexibility index (Phi) is 7.30. The molecule has 3 atom stereocenters. The number of aliphatic hydroxyl groups excluding tert-OH is 1. The van der Waals surface area contributed by atoms with Crippen LogP contribution in [0.4, 0.5) is 0 Å². The Labute approximate surface area is 145 Å². The standard InChI is InChI=1S/C16H24O5S2/c1-10-11(2)16(19)21-15(10)13(17)9-20-14(18)6-4-3-5-12-7-8-22-23-12/h12-13,15,17H,3-9H2,1-2H3. The highest BCUT2D eigenvalue weighted by molar-refractivity contribution is 8.77. The molecule has 0 aromatic carbocycles. The molecule has 0 bridgehead atoms. The van der Waals surface area contributed by atoms with Crippen molar-refractivity contribution in [2.75, 3.05) is 12.4 Å². The van der Waals surface area contributed by atoms with E-state index in [0.717, 1.165) is 24.5 Å². The first kappa shape index (κ1) is 18.7. The highest BCUT2D eigenvalue weighted by atomic mass is 33.1. The number of rotatable bonds is 8. The van der Waals surface area contributed by atoms with E-state index in [-0.39, 0.29) is 12.6 Å². The number of cyclic esters (lactones) is 1. The van der Waals surface area contributed by atoms with Crippen molar-refractivity contribution in [3.8, 4) is 0 Å². The van der Waals surface area contributed by atoms with Gasteiger partial charge in [0, 0.05) is 23.0 Å². The summed E-state index contributed by atoms with van der Waals surface area (Å²) in [4.78, 5) is 23.1. The van der Waals surface area contributed by atoms with Crippen LogP contribution in [0.15, 0.2) is 11.1 Å². The predicted octanol–water partition coefficient (Wildman–Crippen LogP) is 2.87. The molecule has 7 heteroatoms. The summed E-state index contributed by atoms with van der Waals surface area (Å²) < 4.78 is 10.2. The van der Waals surface area contributed by atoms with Crippen LogP contribution in [0.25, 0.3) is 0 Å². The monoisotopic (exact) mass is 360 g/mol. The number of hydrogen-bond donors (Lipinski definition) is 1. The van der Waals surface area contributed by atoms with Crippen LogP contribution in [-0.4, -0.2) is 46.9 Å². The average molecular weight is 360 g/mol. The smallest absolute Gasteiger partial charge is 0.334 e. The number of hydrogen-bond acceptors (Lipinski definition) is 7. The van der Waals surface area contributed by atoms with E-state index in [0.29, 0.717) is 17.6 Å². The third-order valence-electron chi connectivity index (χ3n) is 4.21.